The van der Waals surface area contributed by atoms with Gasteiger partial charge in [0.05, 0.1) is 35.9 Å². The average Bonchev–Trinajstić information content (AvgIpc) is 2.75. The third-order valence-corrected chi connectivity index (χ3v) is 7.02. The predicted octanol–water partition coefficient (Wildman–Crippen LogP) is 3.04. The molecule has 0 aromatic heterocycles. The maximum atomic E-state index is 12.9. The number of sulfonamides is 1. The molecule has 2 aromatic carbocycles. The number of benzene rings is 2. The Morgan fingerprint density at radius 1 is 1.17 bits per heavy atom. The minimum absolute atomic E-state index is 0.0410. The van der Waals surface area contributed by atoms with Crippen LogP contribution < -0.4 is 14.8 Å². The smallest absolute Gasteiger partial charge is 0.262 e. The van der Waals surface area contributed by atoms with Crippen LogP contribution in [0.3, 0.4) is 0 Å². The molecule has 1 aliphatic heterocycles. The van der Waals surface area contributed by atoms with E-state index >= 15 is 0 Å². The van der Waals surface area contributed by atoms with E-state index in [2.05, 4.69) is 5.32 Å². The first-order valence-electron chi connectivity index (χ1n) is 8.95. The molecule has 0 saturated carbocycles. The maximum Gasteiger partial charge on any atom is 0.262 e. The largest absolute Gasteiger partial charge is 0.495 e. The number of carbonyl (C=O) groups excluding carboxylic acids is 1. The zero-order valence-electron chi connectivity index (χ0n) is 16.1. The fourth-order valence-electron chi connectivity index (χ4n) is 2.81. The van der Waals surface area contributed by atoms with E-state index in [1.807, 2.05) is 0 Å². The Labute approximate surface area is 184 Å². The molecular weight excluding hydrogens is 455 g/mol. The molecule has 0 aliphatic carbocycles. The zero-order chi connectivity index (χ0) is 21.7. The monoisotopic (exact) mass is 474 g/mol. The number of carbonyl (C=O) groups is 1. The summed E-state index contributed by atoms with van der Waals surface area (Å²) in [6.45, 7) is 0.850. The van der Waals surface area contributed by atoms with E-state index in [1.54, 1.807) is 18.2 Å². The van der Waals surface area contributed by atoms with E-state index in [4.69, 9.17) is 37.4 Å². The van der Waals surface area contributed by atoms with Gasteiger partial charge in [-0.05, 0) is 30.3 Å². The topological polar surface area (TPSA) is 94.2 Å². The van der Waals surface area contributed by atoms with Gasteiger partial charge in [-0.25, -0.2) is 8.42 Å². The molecule has 8 nitrogen and oxygen atoms in total. The van der Waals surface area contributed by atoms with Crippen LogP contribution in [-0.4, -0.2) is 58.7 Å². The summed E-state index contributed by atoms with van der Waals surface area (Å²) in [7, 11) is -2.31. The van der Waals surface area contributed by atoms with Crippen molar-refractivity contribution in [2.24, 2.45) is 0 Å². The minimum Gasteiger partial charge on any atom is -0.495 e. The normalized spacial score (nSPS) is 14.9. The van der Waals surface area contributed by atoms with E-state index < -0.39 is 15.9 Å². The molecule has 1 fully saturated rings. The summed E-state index contributed by atoms with van der Waals surface area (Å²) < 4.78 is 42.9. The number of ether oxygens (including phenoxy) is 3. The van der Waals surface area contributed by atoms with Gasteiger partial charge in [0.25, 0.3) is 5.91 Å². The molecule has 11 heteroatoms. The number of nitrogens with one attached hydrogen (secondary N) is 1. The van der Waals surface area contributed by atoms with Crippen molar-refractivity contribution in [2.45, 2.75) is 4.90 Å². The van der Waals surface area contributed by atoms with Crippen LogP contribution in [0.15, 0.2) is 41.3 Å². The van der Waals surface area contributed by atoms with Gasteiger partial charge in [-0.15, -0.1) is 0 Å². The van der Waals surface area contributed by atoms with E-state index in [0.717, 1.165) is 0 Å². The van der Waals surface area contributed by atoms with Gasteiger partial charge in [0.1, 0.15) is 16.5 Å². The first kappa shape index (κ1) is 22.6. The van der Waals surface area contributed by atoms with E-state index in [9.17, 15) is 13.2 Å². The molecule has 1 saturated heterocycles. The average molecular weight is 475 g/mol. The van der Waals surface area contributed by atoms with E-state index in [1.165, 1.54) is 29.6 Å². The fraction of sp³-hybridized carbons (Fsp3) is 0.316. The Morgan fingerprint density at radius 2 is 1.90 bits per heavy atom. The molecule has 1 heterocycles. The molecule has 1 amide bonds. The van der Waals surface area contributed by atoms with Crippen molar-refractivity contribution in [1.29, 1.82) is 0 Å². The van der Waals surface area contributed by atoms with Crippen LogP contribution in [0, 0.1) is 0 Å². The van der Waals surface area contributed by atoms with Crippen LogP contribution in [0.5, 0.6) is 11.5 Å². The molecule has 3 rings (SSSR count). The number of morpholine rings is 1. The van der Waals surface area contributed by atoms with Crippen molar-refractivity contribution >= 4 is 44.8 Å². The summed E-state index contributed by atoms with van der Waals surface area (Å²) in [5.74, 6) is 0.0465. The minimum atomic E-state index is -3.73. The zero-order valence-corrected chi connectivity index (χ0v) is 18.4. The number of hydrogen-bond acceptors (Lipinski definition) is 6. The summed E-state index contributed by atoms with van der Waals surface area (Å²) in [5.41, 5.74) is 0.206. The molecule has 162 valence electrons. The van der Waals surface area contributed by atoms with Crippen LogP contribution in [-0.2, 0) is 19.6 Å². The Kier molecular flexibility index (Phi) is 7.43. The highest BCUT2D eigenvalue weighted by atomic mass is 35.5. The van der Waals surface area contributed by atoms with Gasteiger partial charge in [-0.3, -0.25) is 4.79 Å². The Bertz CT molecular complexity index is 1030. The van der Waals surface area contributed by atoms with Crippen LogP contribution in [0.25, 0.3) is 0 Å². The molecule has 1 N–H and O–H groups in total. The number of anilines is 1. The third-order valence-electron chi connectivity index (χ3n) is 4.33. The lowest BCUT2D eigenvalue weighted by atomic mass is 10.3. The van der Waals surface area contributed by atoms with E-state index in [0.29, 0.717) is 24.0 Å². The third kappa shape index (κ3) is 5.16. The summed E-state index contributed by atoms with van der Waals surface area (Å²) in [5, 5.41) is 3.11. The van der Waals surface area contributed by atoms with Gasteiger partial charge in [-0.1, -0.05) is 29.3 Å². The molecule has 0 radical (unpaired) electrons. The number of hydrogen-bond donors (Lipinski definition) is 1. The van der Waals surface area contributed by atoms with Crippen LogP contribution in [0.4, 0.5) is 5.69 Å². The van der Waals surface area contributed by atoms with Crippen molar-refractivity contribution in [3.05, 3.63) is 46.4 Å². The van der Waals surface area contributed by atoms with Gasteiger partial charge in [-0.2, -0.15) is 4.31 Å². The van der Waals surface area contributed by atoms with Gasteiger partial charge >= 0.3 is 0 Å². The van der Waals surface area contributed by atoms with Crippen molar-refractivity contribution in [3.63, 3.8) is 0 Å². The molecular formula is C19H20Cl2N2O6S. The Hall–Kier alpha value is -2.04. The van der Waals surface area contributed by atoms with Crippen molar-refractivity contribution in [1.82, 2.24) is 4.31 Å². The highest BCUT2D eigenvalue weighted by molar-refractivity contribution is 7.89. The first-order valence-corrected chi connectivity index (χ1v) is 11.1. The van der Waals surface area contributed by atoms with Gasteiger partial charge in [0, 0.05) is 13.1 Å². The predicted molar refractivity (Wildman–Crippen MR) is 113 cm³/mol. The summed E-state index contributed by atoms with van der Waals surface area (Å²) >= 11 is 12.0. The Morgan fingerprint density at radius 3 is 2.60 bits per heavy atom. The number of halogens is 2. The number of methoxy groups -OCH3 is 1. The second kappa shape index (κ2) is 9.84. The molecule has 1 aliphatic rings. The molecule has 0 bridgehead atoms. The lowest BCUT2D eigenvalue weighted by Crippen LogP contribution is -2.40. The van der Waals surface area contributed by atoms with Gasteiger partial charge in [0.2, 0.25) is 10.0 Å². The van der Waals surface area contributed by atoms with Crippen LogP contribution >= 0.6 is 23.2 Å². The summed E-state index contributed by atoms with van der Waals surface area (Å²) in [4.78, 5) is 12.4. The lowest BCUT2D eigenvalue weighted by Gasteiger charge is -2.26. The highest BCUT2D eigenvalue weighted by Crippen LogP contribution is 2.32. The molecule has 0 atom stereocenters. The fourth-order valence-corrected chi connectivity index (χ4v) is 4.59. The molecule has 0 spiro atoms. The lowest BCUT2D eigenvalue weighted by molar-refractivity contribution is -0.118. The number of amides is 1. The second-order valence-electron chi connectivity index (χ2n) is 6.27. The van der Waals surface area contributed by atoms with Gasteiger partial charge < -0.3 is 19.5 Å². The highest BCUT2D eigenvalue weighted by Gasteiger charge is 2.27. The summed E-state index contributed by atoms with van der Waals surface area (Å²) in [6.07, 6.45) is 0. The van der Waals surface area contributed by atoms with Crippen LogP contribution in [0.1, 0.15) is 0 Å². The standard InChI is InChI=1S/C19H20Cl2N2O6S/c1-27-16-6-5-13(30(25,26)23-7-9-28-10-8-23)11-15(16)22-18(24)12-29-17-4-2-3-14(20)19(17)21/h2-6,11H,7-10,12H2,1H3,(H,22,24). The van der Waals surface area contributed by atoms with E-state index in [-0.39, 0.29) is 41.1 Å². The summed E-state index contributed by atoms with van der Waals surface area (Å²) in [6, 6.07) is 9.09. The molecule has 30 heavy (non-hydrogen) atoms. The first-order chi connectivity index (χ1) is 14.3. The van der Waals surface area contributed by atoms with Crippen molar-refractivity contribution < 1.29 is 27.4 Å². The molecule has 2 aromatic rings. The van der Waals surface area contributed by atoms with Crippen molar-refractivity contribution in [2.75, 3.05) is 45.3 Å². The number of rotatable bonds is 7. The van der Waals surface area contributed by atoms with Crippen LogP contribution in [0.2, 0.25) is 10.0 Å². The quantitative estimate of drug-likeness (QED) is 0.662. The second-order valence-corrected chi connectivity index (χ2v) is 8.99. The Balaban J connectivity index is 1.75. The number of nitrogens with zero attached hydrogens (tertiary/aromatic N) is 1. The van der Waals surface area contributed by atoms with Crippen molar-refractivity contribution in [3.8, 4) is 11.5 Å². The van der Waals surface area contributed by atoms with Gasteiger partial charge in [0.15, 0.2) is 6.61 Å². The SMILES string of the molecule is COc1ccc(S(=O)(=O)N2CCOCC2)cc1NC(=O)COc1cccc(Cl)c1Cl. The maximum absolute atomic E-state index is 12.9. The molecule has 0 unspecified atom stereocenters.